The van der Waals surface area contributed by atoms with Gasteiger partial charge in [-0.3, -0.25) is 4.55 Å². The average Bonchev–Trinajstić information content (AvgIpc) is 3.05. The van der Waals surface area contributed by atoms with Gasteiger partial charge >= 0.3 is 0 Å². The second-order valence-corrected chi connectivity index (χ2v) is 9.20. The van der Waals surface area contributed by atoms with Crippen molar-refractivity contribution in [3.8, 4) is 0 Å². The minimum absolute atomic E-state index is 0.0174. The molecule has 0 spiro atoms. The quantitative estimate of drug-likeness (QED) is 0.356. The van der Waals surface area contributed by atoms with Gasteiger partial charge in [-0.2, -0.15) is 8.42 Å². The van der Waals surface area contributed by atoms with Crippen LogP contribution < -0.4 is 10.2 Å². The summed E-state index contributed by atoms with van der Waals surface area (Å²) in [6.07, 6.45) is 9.62. The molecule has 1 unspecified atom stereocenters. The molecule has 1 aliphatic rings. The Labute approximate surface area is 174 Å². The second kappa shape index (κ2) is 10.1. The summed E-state index contributed by atoms with van der Waals surface area (Å²) in [5, 5.41) is 3.48. The van der Waals surface area contributed by atoms with Crippen LogP contribution in [0.25, 0.3) is 0 Å². The molecule has 1 heterocycles. The van der Waals surface area contributed by atoms with Gasteiger partial charge in [-0.1, -0.05) is 81.8 Å². The number of anilines is 2. The van der Waals surface area contributed by atoms with Crippen molar-refractivity contribution in [2.75, 3.05) is 10.2 Å². The molecule has 1 aliphatic heterocycles. The fourth-order valence-corrected chi connectivity index (χ4v) is 4.77. The van der Waals surface area contributed by atoms with Gasteiger partial charge in [-0.25, -0.2) is 0 Å². The fourth-order valence-electron chi connectivity index (χ4n) is 4.05. The third kappa shape index (κ3) is 5.73. The van der Waals surface area contributed by atoms with Crippen LogP contribution in [0.1, 0.15) is 63.9 Å². The molecule has 5 nitrogen and oxygen atoms in total. The number of unbranched alkanes of at least 4 members (excludes halogenated alkanes) is 6. The Bertz CT molecular complexity index is 884. The predicted octanol–water partition coefficient (Wildman–Crippen LogP) is 5.83. The van der Waals surface area contributed by atoms with Gasteiger partial charge in [0.1, 0.15) is 4.90 Å². The number of para-hydroxylation sites is 1. The molecule has 0 radical (unpaired) electrons. The van der Waals surface area contributed by atoms with E-state index >= 15 is 0 Å². The molecule has 2 N–H and O–H groups in total. The number of hydrogen-bond acceptors (Lipinski definition) is 4. The van der Waals surface area contributed by atoms with E-state index in [2.05, 4.69) is 17.1 Å². The highest BCUT2D eigenvalue weighted by molar-refractivity contribution is 7.86. The van der Waals surface area contributed by atoms with Gasteiger partial charge in [0, 0.05) is 6.54 Å². The van der Waals surface area contributed by atoms with E-state index in [4.69, 9.17) is 0 Å². The normalized spacial score (nSPS) is 15.9. The van der Waals surface area contributed by atoms with Crippen molar-refractivity contribution < 1.29 is 13.0 Å². The first-order valence-electron chi connectivity index (χ1n) is 10.7. The van der Waals surface area contributed by atoms with Crippen LogP contribution in [0.15, 0.2) is 53.4 Å². The average molecular weight is 417 g/mol. The van der Waals surface area contributed by atoms with Crippen molar-refractivity contribution in [3.05, 3.63) is 54.1 Å². The van der Waals surface area contributed by atoms with Crippen LogP contribution in [0, 0.1) is 0 Å². The number of hydrogen-bond donors (Lipinski definition) is 2. The molecule has 2 aromatic rings. The summed E-state index contributed by atoms with van der Waals surface area (Å²) >= 11 is 0. The number of nitrogens with one attached hydrogen (secondary N) is 1. The van der Waals surface area contributed by atoms with Crippen LogP contribution in [-0.2, 0) is 16.7 Å². The third-order valence-electron chi connectivity index (χ3n) is 5.54. The Hall–Kier alpha value is -2.05. The number of rotatable bonds is 11. The zero-order chi connectivity index (χ0) is 20.7. The zero-order valence-corrected chi connectivity index (χ0v) is 18.0. The maximum atomic E-state index is 12.0. The first kappa shape index (κ1) is 21.7. The maximum absolute atomic E-state index is 12.0. The summed E-state index contributed by atoms with van der Waals surface area (Å²) in [5.41, 5.74) is 2.45. The van der Waals surface area contributed by atoms with Crippen molar-refractivity contribution in [1.29, 1.82) is 0 Å². The fraction of sp³-hybridized carbons (Fsp3) is 0.478. The molecular weight excluding hydrogens is 384 g/mol. The van der Waals surface area contributed by atoms with E-state index in [1.165, 1.54) is 44.6 Å². The Kier molecular flexibility index (Phi) is 7.56. The summed E-state index contributed by atoms with van der Waals surface area (Å²) < 4.78 is 33.7. The third-order valence-corrected chi connectivity index (χ3v) is 6.42. The first-order chi connectivity index (χ1) is 14.0. The van der Waals surface area contributed by atoms with Crippen LogP contribution in [0.3, 0.4) is 0 Å². The van der Waals surface area contributed by atoms with Crippen molar-refractivity contribution in [2.24, 2.45) is 0 Å². The molecule has 0 amide bonds. The van der Waals surface area contributed by atoms with E-state index in [0.29, 0.717) is 12.2 Å². The lowest BCUT2D eigenvalue weighted by Gasteiger charge is -2.28. The molecule has 158 valence electrons. The number of nitrogens with zero attached hydrogens (tertiary/aromatic N) is 1. The van der Waals surface area contributed by atoms with Crippen LogP contribution in [0.5, 0.6) is 0 Å². The van der Waals surface area contributed by atoms with Crippen molar-refractivity contribution in [3.63, 3.8) is 0 Å². The molecule has 6 heteroatoms. The Morgan fingerprint density at radius 1 is 0.931 bits per heavy atom. The highest BCUT2D eigenvalue weighted by Gasteiger charge is 2.33. The second-order valence-electron chi connectivity index (χ2n) is 7.81. The molecule has 0 bridgehead atoms. The lowest BCUT2D eigenvalue weighted by atomic mass is 10.1. The molecule has 1 atom stereocenters. The minimum Gasteiger partial charge on any atom is -0.363 e. The molecule has 0 saturated carbocycles. The predicted molar refractivity (Wildman–Crippen MR) is 119 cm³/mol. The van der Waals surface area contributed by atoms with E-state index in [1.807, 2.05) is 36.4 Å². The lowest BCUT2D eigenvalue weighted by molar-refractivity contribution is 0.482. The molecule has 3 rings (SSSR count). The number of benzene rings is 2. The molecular formula is C23H32N2O3S. The van der Waals surface area contributed by atoms with Crippen molar-refractivity contribution in [2.45, 2.75) is 75.9 Å². The molecule has 0 aromatic heterocycles. The van der Waals surface area contributed by atoms with Gasteiger partial charge in [0.2, 0.25) is 0 Å². The minimum atomic E-state index is -4.30. The van der Waals surface area contributed by atoms with Crippen LogP contribution >= 0.6 is 0 Å². The molecule has 2 aromatic carbocycles. The highest BCUT2D eigenvalue weighted by Crippen LogP contribution is 2.41. The molecule has 0 aliphatic carbocycles. The Morgan fingerprint density at radius 2 is 1.62 bits per heavy atom. The molecule has 29 heavy (non-hydrogen) atoms. The Balaban J connectivity index is 1.74. The smallest absolute Gasteiger partial charge is 0.296 e. The van der Waals surface area contributed by atoms with Crippen LogP contribution in [0.4, 0.5) is 11.4 Å². The van der Waals surface area contributed by atoms with Gasteiger partial charge in [-0.15, -0.1) is 0 Å². The van der Waals surface area contributed by atoms with Gasteiger partial charge in [0.15, 0.2) is 0 Å². The van der Waals surface area contributed by atoms with E-state index in [1.54, 1.807) is 6.07 Å². The van der Waals surface area contributed by atoms with E-state index in [9.17, 15) is 13.0 Å². The molecule has 0 fully saturated rings. The lowest BCUT2D eigenvalue weighted by Crippen LogP contribution is -2.35. The highest BCUT2D eigenvalue weighted by atomic mass is 32.2. The van der Waals surface area contributed by atoms with Gasteiger partial charge in [-0.05, 0) is 30.5 Å². The summed E-state index contributed by atoms with van der Waals surface area (Å²) in [6, 6.07) is 15.1. The van der Waals surface area contributed by atoms with Gasteiger partial charge in [0.05, 0.1) is 17.5 Å². The summed E-state index contributed by atoms with van der Waals surface area (Å²) in [4.78, 5) is 2.06. The summed E-state index contributed by atoms with van der Waals surface area (Å²) in [7, 11) is -4.30. The molecule has 0 saturated heterocycles. The van der Waals surface area contributed by atoms with E-state index < -0.39 is 10.1 Å². The van der Waals surface area contributed by atoms with Crippen molar-refractivity contribution >= 4 is 21.5 Å². The largest absolute Gasteiger partial charge is 0.363 e. The Morgan fingerprint density at radius 3 is 2.31 bits per heavy atom. The van der Waals surface area contributed by atoms with Gasteiger partial charge < -0.3 is 10.2 Å². The van der Waals surface area contributed by atoms with E-state index in [-0.39, 0.29) is 11.1 Å². The SMILES string of the molecule is CCCCCCCCCC1Nc2cccc(S(=O)(=O)O)c2N1Cc1ccccc1. The zero-order valence-electron chi connectivity index (χ0n) is 17.2. The standard InChI is InChI=1S/C23H32N2O3S/c1-2-3-4-5-6-7-11-17-22-24-20-15-12-16-21(29(26,27)28)23(20)25(22)18-19-13-9-8-10-14-19/h8-10,12-16,22,24H,2-7,11,17-18H2,1H3,(H,26,27,28). The van der Waals surface area contributed by atoms with Crippen LogP contribution in [0.2, 0.25) is 0 Å². The topological polar surface area (TPSA) is 69.6 Å². The first-order valence-corrected chi connectivity index (χ1v) is 12.1. The summed E-state index contributed by atoms with van der Waals surface area (Å²) in [5.74, 6) is 0. The van der Waals surface area contributed by atoms with Gasteiger partial charge in [0.25, 0.3) is 10.1 Å². The monoisotopic (exact) mass is 416 g/mol. The number of fused-ring (bicyclic) bond motifs is 1. The van der Waals surface area contributed by atoms with Crippen molar-refractivity contribution in [1.82, 2.24) is 0 Å². The van der Waals surface area contributed by atoms with Crippen LogP contribution in [-0.4, -0.2) is 19.1 Å². The van der Waals surface area contributed by atoms with E-state index in [0.717, 1.165) is 24.1 Å². The summed E-state index contributed by atoms with van der Waals surface area (Å²) in [6.45, 7) is 2.82. The maximum Gasteiger partial charge on any atom is 0.296 e.